The molecule has 12 heavy (non-hydrogen) atoms. The number of halogens is 1. The van der Waals surface area contributed by atoms with E-state index in [1.54, 1.807) is 0 Å². The molecule has 0 aliphatic carbocycles. The second-order valence-electron chi connectivity index (χ2n) is 2.98. The summed E-state index contributed by atoms with van der Waals surface area (Å²) in [6.45, 7) is 5.45. The van der Waals surface area contributed by atoms with Gasteiger partial charge in [0, 0.05) is 6.54 Å². The summed E-state index contributed by atoms with van der Waals surface area (Å²) in [5.74, 6) is 1.05. The highest BCUT2D eigenvalue weighted by Crippen LogP contribution is 2.38. The molecule has 0 N–H and O–H groups in total. The van der Waals surface area contributed by atoms with Crippen molar-refractivity contribution in [2.45, 2.75) is 32.9 Å². The fourth-order valence-corrected chi connectivity index (χ4v) is 1.57. The van der Waals surface area contributed by atoms with Gasteiger partial charge in [0.05, 0.1) is 6.20 Å². The number of nitrogens with zero attached hydrogens (tertiary/aromatic N) is 2. The Morgan fingerprint density at radius 2 is 2.25 bits per heavy atom. The topological polar surface area (TPSA) is 18.8 Å². The molecule has 1 saturated heterocycles. The lowest BCUT2D eigenvalue weighted by Crippen LogP contribution is -2.33. The Balaban J connectivity index is 0.000000720. The highest BCUT2D eigenvalue weighted by atomic mass is 35.5. The van der Waals surface area contributed by atoms with E-state index in [1.807, 2.05) is 5.06 Å². The van der Waals surface area contributed by atoms with Crippen molar-refractivity contribution in [3.63, 3.8) is 0 Å². The number of hydroxylamine groups is 2. The lowest BCUT2D eigenvalue weighted by atomic mass is 10.2. The van der Waals surface area contributed by atoms with Crippen molar-refractivity contribution in [1.29, 1.82) is 0 Å². The van der Waals surface area contributed by atoms with E-state index < -0.39 is 0 Å². The zero-order chi connectivity index (χ0) is 7.84. The number of hydrogen-bond acceptors (Lipinski definition) is 3. The highest BCUT2D eigenvalue weighted by Gasteiger charge is 2.45. The molecular weight excluding hydrogens is 176 g/mol. The summed E-state index contributed by atoms with van der Waals surface area (Å²) in [5, 5.41) is 1.99. The average molecular weight is 191 g/mol. The van der Waals surface area contributed by atoms with E-state index in [1.165, 1.54) is 12.8 Å². The van der Waals surface area contributed by atoms with Gasteiger partial charge in [-0.3, -0.25) is 0 Å². The SMILES string of the molecule is CCCC1N(CC)C=C2ON21.Cl. The van der Waals surface area contributed by atoms with Crippen molar-refractivity contribution >= 4 is 12.4 Å². The van der Waals surface area contributed by atoms with Crippen LogP contribution in [0.25, 0.3) is 0 Å². The van der Waals surface area contributed by atoms with Crippen molar-refractivity contribution in [2.24, 2.45) is 0 Å². The third kappa shape index (κ3) is 1.33. The van der Waals surface area contributed by atoms with Crippen LogP contribution in [0.1, 0.15) is 26.7 Å². The van der Waals surface area contributed by atoms with E-state index in [2.05, 4.69) is 24.9 Å². The van der Waals surface area contributed by atoms with Gasteiger partial charge in [-0.1, -0.05) is 13.3 Å². The minimum atomic E-state index is 0. The molecule has 0 spiro atoms. The molecule has 0 saturated carbocycles. The van der Waals surface area contributed by atoms with Crippen LogP contribution in [0.5, 0.6) is 0 Å². The third-order valence-corrected chi connectivity index (χ3v) is 2.22. The zero-order valence-corrected chi connectivity index (χ0v) is 8.30. The molecule has 0 radical (unpaired) electrons. The predicted molar refractivity (Wildman–Crippen MR) is 49.3 cm³/mol. The first-order valence-electron chi connectivity index (χ1n) is 4.31. The maximum absolute atomic E-state index is 5.20. The molecule has 0 amide bonds. The Hall–Kier alpha value is -0.570. The Bertz CT molecular complexity index is 195. The highest BCUT2D eigenvalue weighted by molar-refractivity contribution is 5.85. The number of fused-ring (bicyclic) bond motifs is 1. The molecule has 70 valence electrons. The number of rotatable bonds is 3. The molecule has 0 aromatic carbocycles. The second kappa shape index (κ2) is 3.44. The standard InChI is InChI=1S/C8H14N2O.ClH/c1-3-5-7-9(4-2)6-8-10(7)11-8;/h6-7H,3-5H2,1-2H3;1H. The molecule has 4 heteroatoms. The third-order valence-electron chi connectivity index (χ3n) is 2.22. The van der Waals surface area contributed by atoms with Crippen LogP contribution in [0.2, 0.25) is 0 Å². The van der Waals surface area contributed by atoms with E-state index in [0.717, 1.165) is 12.4 Å². The summed E-state index contributed by atoms with van der Waals surface area (Å²) in [7, 11) is 0. The quantitative estimate of drug-likeness (QED) is 0.634. The van der Waals surface area contributed by atoms with Crippen molar-refractivity contribution in [3.05, 3.63) is 12.1 Å². The lowest BCUT2D eigenvalue weighted by molar-refractivity contribution is 0.0522. The Morgan fingerprint density at radius 1 is 1.50 bits per heavy atom. The van der Waals surface area contributed by atoms with Crippen LogP contribution in [0, 0.1) is 0 Å². The molecular formula is C8H15ClN2O. The smallest absolute Gasteiger partial charge is 0.273 e. The van der Waals surface area contributed by atoms with Gasteiger partial charge < -0.3 is 9.74 Å². The van der Waals surface area contributed by atoms with Gasteiger partial charge in [0.2, 0.25) is 0 Å². The van der Waals surface area contributed by atoms with E-state index in [4.69, 9.17) is 4.84 Å². The van der Waals surface area contributed by atoms with Crippen molar-refractivity contribution in [3.8, 4) is 0 Å². The molecule has 0 aromatic rings. The fourth-order valence-electron chi connectivity index (χ4n) is 1.57. The first kappa shape index (κ1) is 9.52. The van der Waals surface area contributed by atoms with E-state index in [-0.39, 0.29) is 12.4 Å². The van der Waals surface area contributed by atoms with Gasteiger partial charge >= 0.3 is 0 Å². The van der Waals surface area contributed by atoms with E-state index in [9.17, 15) is 0 Å². The first-order chi connectivity index (χ1) is 5.36. The lowest BCUT2D eigenvalue weighted by Gasteiger charge is -2.23. The van der Waals surface area contributed by atoms with Crippen LogP contribution in [0.4, 0.5) is 0 Å². The Kier molecular flexibility index (Phi) is 2.73. The molecule has 2 aliphatic heterocycles. The normalized spacial score (nSPS) is 24.2. The van der Waals surface area contributed by atoms with Gasteiger partial charge in [-0.05, 0) is 13.3 Å². The Morgan fingerprint density at radius 3 is 2.83 bits per heavy atom. The Labute approximate surface area is 79.3 Å². The summed E-state index contributed by atoms with van der Waals surface area (Å²) in [6, 6.07) is 0. The summed E-state index contributed by atoms with van der Waals surface area (Å²) >= 11 is 0. The maximum atomic E-state index is 5.20. The molecule has 1 fully saturated rings. The minimum absolute atomic E-state index is 0. The molecule has 2 heterocycles. The monoisotopic (exact) mass is 190 g/mol. The molecule has 1 unspecified atom stereocenters. The maximum Gasteiger partial charge on any atom is 0.273 e. The minimum Gasteiger partial charge on any atom is -0.352 e. The largest absolute Gasteiger partial charge is 0.352 e. The predicted octanol–water partition coefficient (Wildman–Crippen LogP) is 1.92. The van der Waals surface area contributed by atoms with Gasteiger partial charge in [0.1, 0.15) is 6.17 Å². The average Bonchev–Trinajstić information content (AvgIpc) is 2.70. The van der Waals surface area contributed by atoms with Crippen molar-refractivity contribution < 1.29 is 4.84 Å². The van der Waals surface area contributed by atoms with Gasteiger partial charge in [0.25, 0.3) is 5.88 Å². The molecule has 1 atom stereocenters. The number of hydrogen-bond donors (Lipinski definition) is 0. The summed E-state index contributed by atoms with van der Waals surface area (Å²) in [4.78, 5) is 7.52. The zero-order valence-electron chi connectivity index (χ0n) is 7.49. The van der Waals surface area contributed by atoms with E-state index in [0.29, 0.717) is 6.17 Å². The van der Waals surface area contributed by atoms with Gasteiger partial charge in [-0.15, -0.1) is 17.5 Å². The van der Waals surface area contributed by atoms with Gasteiger partial charge in [-0.2, -0.15) is 0 Å². The second-order valence-corrected chi connectivity index (χ2v) is 2.98. The van der Waals surface area contributed by atoms with Gasteiger partial charge in [0.15, 0.2) is 0 Å². The summed E-state index contributed by atoms with van der Waals surface area (Å²) in [6.07, 6.45) is 4.98. The van der Waals surface area contributed by atoms with Crippen LogP contribution in [0.15, 0.2) is 12.1 Å². The van der Waals surface area contributed by atoms with E-state index >= 15 is 0 Å². The van der Waals surface area contributed by atoms with Crippen LogP contribution < -0.4 is 0 Å². The van der Waals surface area contributed by atoms with Gasteiger partial charge in [-0.25, -0.2) is 0 Å². The molecule has 0 bridgehead atoms. The molecule has 2 aliphatic rings. The van der Waals surface area contributed by atoms with Crippen LogP contribution in [-0.2, 0) is 4.84 Å². The first-order valence-corrected chi connectivity index (χ1v) is 4.31. The molecule has 3 nitrogen and oxygen atoms in total. The summed E-state index contributed by atoms with van der Waals surface area (Å²) in [5.41, 5.74) is 0. The summed E-state index contributed by atoms with van der Waals surface area (Å²) < 4.78 is 0. The van der Waals surface area contributed by atoms with Crippen LogP contribution >= 0.6 is 12.4 Å². The molecule has 0 aromatic heterocycles. The van der Waals surface area contributed by atoms with Crippen LogP contribution in [0.3, 0.4) is 0 Å². The van der Waals surface area contributed by atoms with Crippen molar-refractivity contribution in [2.75, 3.05) is 6.54 Å². The van der Waals surface area contributed by atoms with Crippen molar-refractivity contribution in [1.82, 2.24) is 9.96 Å². The van der Waals surface area contributed by atoms with Crippen LogP contribution in [-0.4, -0.2) is 22.7 Å². The molecule has 2 rings (SSSR count). The fraction of sp³-hybridized carbons (Fsp3) is 0.750.